The predicted octanol–water partition coefficient (Wildman–Crippen LogP) is 3.46. The molecule has 2 N–H and O–H groups in total. The minimum Gasteiger partial charge on any atom is -0.368 e. The highest BCUT2D eigenvalue weighted by Gasteiger charge is 2.31. The summed E-state index contributed by atoms with van der Waals surface area (Å²) in [4.78, 5) is 16.7. The van der Waals surface area contributed by atoms with Crippen LogP contribution in [-0.4, -0.2) is 20.7 Å². The molecule has 2 aromatic carbocycles. The van der Waals surface area contributed by atoms with Gasteiger partial charge in [-0.15, -0.1) is 5.10 Å². The molecule has 4 rings (SSSR count). The van der Waals surface area contributed by atoms with Crippen LogP contribution in [0.3, 0.4) is 0 Å². The first kappa shape index (κ1) is 15.9. The second kappa shape index (κ2) is 6.72. The fraction of sp³-hybridized carbons (Fsp3) is 0.211. The molecule has 126 valence electrons. The average molecular weight is 350 g/mol. The molecule has 1 fully saturated rings. The van der Waals surface area contributed by atoms with Gasteiger partial charge < -0.3 is 5.73 Å². The molecule has 1 saturated carbocycles. The number of aromatic nitrogens is 3. The lowest BCUT2D eigenvalue weighted by atomic mass is 10.1. The summed E-state index contributed by atoms with van der Waals surface area (Å²) in [6.07, 6.45) is 2.27. The number of thioether (sulfide) groups is 1. The van der Waals surface area contributed by atoms with E-state index in [9.17, 15) is 4.79 Å². The van der Waals surface area contributed by atoms with E-state index in [2.05, 4.69) is 5.10 Å². The van der Waals surface area contributed by atoms with E-state index in [1.54, 1.807) is 0 Å². The number of amides is 1. The predicted molar refractivity (Wildman–Crippen MR) is 97.6 cm³/mol. The topological polar surface area (TPSA) is 73.8 Å². The van der Waals surface area contributed by atoms with Crippen LogP contribution in [-0.2, 0) is 4.79 Å². The SMILES string of the molecule is NC(=O)C(Sc1nc(C2CC2)n(-c2ccccc2)n1)c1ccccc1. The van der Waals surface area contributed by atoms with Gasteiger partial charge in [0.2, 0.25) is 11.1 Å². The van der Waals surface area contributed by atoms with Gasteiger partial charge in [-0.2, -0.15) is 0 Å². The van der Waals surface area contributed by atoms with Gasteiger partial charge in [0.05, 0.1) is 5.69 Å². The Bertz CT molecular complexity index is 875. The highest BCUT2D eigenvalue weighted by atomic mass is 32.2. The van der Waals surface area contributed by atoms with Crippen molar-refractivity contribution >= 4 is 17.7 Å². The van der Waals surface area contributed by atoms with Crippen LogP contribution < -0.4 is 5.73 Å². The summed E-state index contributed by atoms with van der Waals surface area (Å²) in [5, 5.41) is 4.73. The van der Waals surface area contributed by atoms with E-state index >= 15 is 0 Å². The fourth-order valence-electron chi connectivity index (χ4n) is 2.74. The Morgan fingerprint density at radius 1 is 1.08 bits per heavy atom. The van der Waals surface area contributed by atoms with E-state index in [1.807, 2.05) is 65.3 Å². The van der Waals surface area contributed by atoms with Gasteiger partial charge in [0, 0.05) is 5.92 Å². The number of hydrogen-bond acceptors (Lipinski definition) is 4. The van der Waals surface area contributed by atoms with Gasteiger partial charge in [-0.05, 0) is 30.5 Å². The van der Waals surface area contributed by atoms with Crippen molar-refractivity contribution in [3.05, 3.63) is 72.1 Å². The lowest BCUT2D eigenvalue weighted by Crippen LogP contribution is -2.19. The molecule has 1 aliphatic rings. The number of para-hydroxylation sites is 1. The van der Waals surface area contributed by atoms with Crippen LogP contribution in [0.4, 0.5) is 0 Å². The largest absolute Gasteiger partial charge is 0.368 e. The van der Waals surface area contributed by atoms with Gasteiger partial charge in [-0.3, -0.25) is 4.79 Å². The summed E-state index contributed by atoms with van der Waals surface area (Å²) >= 11 is 1.31. The first-order valence-corrected chi connectivity index (χ1v) is 9.13. The molecular weight excluding hydrogens is 332 g/mol. The van der Waals surface area contributed by atoms with Crippen molar-refractivity contribution < 1.29 is 4.79 Å². The van der Waals surface area contributed by atoms with Crippen molar-refractivity contribution in [2.45, 2.75) is 29.2 Å². The molecular formula is C19H18N4OS. The third-order valence-corrected chi connectivity index (χ3v) is 5.26. The number of benzene rings is 2. The second-order valence-electron chi connectivity index (χ2n) is 6.09. The number of nitrogens with zero attached hydrogens (tertiary/aromatic N) is 3. The Balaban J connectivity index is 1.67. The van der Waals surface area contributed by atoms with E-state index in [4.69, 9.17) is 10.7 Å². The van der Waals surface area contributed by atoms with Crippen molar-refractivity contribution in [1.82, 2.24) is 14.8 Å². The third kappa shape index (κ3) is 3.44. The number of carbonyl (C=O) groups excluding carboxylic acids is 1. The first-order chi connectivity index (χ1) is 12.2. The van der Waals surface area contributed by atoms with Crippen molar-refractivity contribution in [2.75, 3.05) is 0 Å². The van der Waals surface area contributed by atoms with Crippen LogP contribution >= 0.6 is 11.8 Å². The first-order valence-electron chi connectivity index (χ1n) is 8.25. The molecule has 25 heavy (non-hydrogen) atoms. The number of hydrogen-bond donors (Lipinski definition) is 1. The fourth-order valence-corrected chi connectivity index (χ4v) is 3.64. The van der Waals surface area contributed by atoms with Crippen molar-refractivity contribution in [1.29, 1.82) is 0 Å². The van der Waals surface area contributed by atoms with E-state index in [-0.39, 0.29) is 5.91 Å². The Hall–Kier alpha value is -2.60. The maximum atomic E-state index is 12.0. The molecule has 0 saturated heterocycles. The molecule has 0 radical (unpaired) electrons. The van der Waals surface area contributed by atoms with E-state index in [0.717, 1.165) is 29.9 Å². The minimum absolute atomic E-state index is 0.389. The molecule has 0 aliphatic heterocycles. The molecule has 1 atom stereocenters. The van der Waals surface area contributed by atoms with Crippen LogP contribution in [0.2, 0.25) is 0 Å². The average Bonchev–Trinajstić information content (AvgIpc) is 3.41. The minimum atomic E-state index is -0.500. The zero-order valence-electron chi connectivity index (χ0n) is 13.6. The van der Waals surface area contributed by atoms with Crippen LogP contribution in [0.15, 0.2) is 65.8 Å². The van der Waals surface area contributed by atoms with Gasteiger partial charge in [-0.25, -0.2) is 9.67 Å². The maximum absolute atomic E-state index is 12.0. The van der Waals surface area contributed by atoms with E-state index in [1.165, 1.54) is 11.8 Å². The number of primary amides is 1. The van der Waals surface area contributed by atoms with Gasteiger partial charge >= 0.3 is 0 Å². The highest BCUT2D eigenvalue weighted by Crippen LogP contribution is 2.41. The Labute approximate surface area is 150 Å². The smallest absolute Gasteiger partial charge is 0.235 e. The molecule has 1 heterocycles. The Morgan fingerprint density at radius 3 is 2.32 bits per heavy atom. The molecule has 6 heteroatoms. The summed E-state index contributed by atoms with van der Waals surface area (Å²) in [7, 11) is 0. The van der Waals surface area contributed by atoms with Gasteiger partial charge in [0.25, 0.3) is 0 Å². The lowest BCUT2D eigenvalue weighted by molar-refractivity contribution is -0.117. The van der Waals surface area contributed by atoms with E-state index < -0.39 is 5.25 Å². The molecule has 1 amide bonds. The third-order valence-electron chi connectivity index (χ3n) is 4.14. The zero-order chi connectivity index (χ0) is 17.2. The van der Waals surface area contributed by atoms with Crippen LogP contribution in [0.25, 0.3) is 5.69 Å². The summed E-state index contributed by atoms with van der Waals surface area (Å²) in [5.41, 5.74) is 7.47. The molecule has 0 spiro atoms. The zero-order valence-corrected chi connectivity index (χ0v) is 14.4. The second-order valence-corrected chi connectivity index (χ2v) is 7.16. The van der Waals surface area contributed by atoms with Gasteiger partial charge in [-0.1, -0.05) is 60.3 Å². The lowest BCUT2D eigenvalue weighted by Gasteiger charge is -2.10. The van der Waals surface area contributed by atoms with Crippen LogP contribution in [0.5, 0.6) is 0 Å². The molecule has 1 aromatic heterocycles. The quantitative estimate of drug-likeness (QED) is 0.691. The van der Waals surface area contributed by atoms with E-state index in [0.29, 0.717) is 11.1 Å². The standard InChI is InChI=1S/C19H18N4OS/c20-17(24)16(13-7-3-1-4-8-13)25-19-21-18(14-11-12-14)23(22-19)15-9-5-2-6-10-15/h1-10,14,16H,11-12H2,(H2,20,24). The van der Waals surface area contributed by atoms with Crippen molar-refractivity contribution in [3.63, 3.8) is 0 Å². The number of carbonyl (C=O) groups is 1. The summed E-state index contributed by atoms with van der Waals surface area (Å²) < 4.78 is 1.89. The molecule has 1 aliphatic carbocycles. The molecule has 1 unspecified atom stereocenters. The number of nitrogens with two attached hydrogens (primary N) is 1. The summed E-state index contributed by atoms with van der Waals surface area (Å²) in [5.74, 6) is 1.02. The highest BCUT2D eigenvalue weighted by molar-refractivity contribution is 8.00. The molecule has 3 aromatic rings. The van der Waals surface area contributed by atoms with Crippen LogP contribution in [0, 0.1) is 0 Å². The molecule has 0 bridgehead atoms. The van der Waals surface area contributed by atoms with Crippen LogP contribution in [0.1, 0.15) is 35.4 Å². The van der Waals surface area contributed by atoms with Crippen molar-refractivity contribution in [3.8, 4) is 5.69 Å². The van der Waals surface area contributed by atoms with Gasteiger partial charge in [0.1, 0.15) is 11.1 Å². The normalized spacial score (nSPS) is 15.0. The Morgan fingerprint density at radius 2 is 1.72 bits per heavy atom. The monoisotopic (exact) mass is 350 g/mol. The van der Waals surface area contributed by atoms with Crippen molar-refractivity contribution in [2.24, 2.45) is 5.73 Å². The summed E-state index contributed by atoms with van der Waals surface area (Å²) in [6, 6.07) is 19.5. The molecule has 5 nitrogen and oxygen atoms in total. The summed E-state index contributed by atoms with van der Waals surface area (Å²) in [6.45, 7) is 0. The van der Waals surface area contributed by atoms with Gasteiger partial charge in [0.15, 0.2) is 0 Å². The number of rotatable bonds is 6. The Kier molecular flexibility index (Phi) is 4.28. The maximum Gasteiger partial charge on any atom is 0.235 e.